The van der Waals surface area contributed by atoms with Crippen LogP contribution in [0, 0.1) is 0 Å². The van der Waals surface area contributed by atoms with E-state index in [0.717, 1.165) is 27.1 Å². The van der Waals surface area contributed by atoms with E-state index in [1.54, 1.807) is 16.2 Å². The molecule has 4 rings (SSSR count). The number of hydrogen-bond donors (Lipinski definition) is 0. The van der Waals surface area contributed by atoms with Gasteiger partial charge in [-0.1, -0.05) is 60.3 Å². The fourth-order valence-corrected chi connectivity index (χ4v) is 4.63. The minimum atomic E-state index is 0.0574. The van der Waals surface area contributed by atoms with Gasteiger partial charge in [0.15, 0.2) is 5.16 Å². The smallest absolute Gasteiger partial charge is 0.237 e. The molecule has 0 N–H and O–H groups in total. The number of nitrogens with zero attached hydrogens (tertiary/aromatic N) is 4. The summed E-state index contributed by atoms with van der Waals surface area (Å²) in [4.78, 5) is 15.4. The lowest BCUT2D eigenvalue weighted by atomic mass is 10.2. The minimum Gasteiger partial charge on any atom is -0.312 e. The first-order chi connectivity index (χ1) is 13.3. The van der Waals surface area contributed by atoms with Gasteiger partial charge in [-0.25, -0.2) is 0 Å². The molecular weight excluding hydrogens is 376 g/mol. The lowest BCUT2D eigenvalue weighted by Crippen LogP contribution is -2.32. The van der Waals surface area contributed by atoms with Gasteiger partial charge in [0.1, 0.15) is 0 Å². The summed E-state index contributed by atoms with van der Waals surface area (Å²) in [5.41, 5.74) is 3.07. The van der Waals surface area contributed by atoms with Crippen LogP contribution in [0.1, 0.15) is 6.92 Å². The Labute approximate surface area is 165 Å². The van der Waals surface area contributed by atoms with Gasteiger partial charge in [-0.3, -0.25) is 9.20 Å². The van der Waals surface area contributed by atoms with Crippen molar-refractivity contribution in [1.82, 2.24) is 14.6 Å². The Balaban J connectivity index is 1.56. The van der Waals surface area contributed by atoms with E-state index in [4.69, 9.17) is 0 Å². The predicted molar refractivity (Wildman–Crippen MR) is 111 cm³/mol. The molecule has 0 unspecified atom stereocenters. The highest BCUT2D eigenvalue weighted by Gasteiger charge is 2.18. The topological polar surface area (TPSA) is 50.5 Å². The van der Waals surface area contributed by atoms with E-state index < -0.39 is 0 Å². The molecule has 136 valence electrons. The molecule has 0 saturated heterocycles. The molecule has 2 heterocycles. The normalized spacial score (nSPS) is 11.0. The van der Waals surface area contributed by atoms with Crippen LogP contribution in [0.3, 0.4) is 0 Å². The van der Waals surface area contributed by atoms with E-state index in [1.807, 2.05) is 59.9 Å². The zero-order chi connectivity index (χ0) is 18.6. The van der Waals surface area contributed by atoms with E-state index in [-0.39, 0.29) is 5.91 Å². The Morgan fingerprint density at radius 1 is 1.07 bits per heavy atom. The molecule has 0 saturated carbocycles. The lowest BCUT2D eigenvalue weighted by molar-refractivity contribution is -0.116. The van der Waals surface area contributed by atoms with Crippen LogP contribution in [0.2, 0.25) is 0 Å². The van der Waals surface area contributed by atoms with Crippen molar-refractivity contribution in [3.8, 4) is 11.3 Å². The van der Waals surface area contributed by atoms with Crippen LogP contribution in [0.15, 0.2) is 71.2 Å². The Kier molecular flexibility index (Phi) is 5.22. The van der Waals surface area contributed by atoms with Crippen LogP contribution in [0.5, 0.6) is 0 Å². The first-order valence-corrected chi connectivity index (χ1v) is 10.5. The van der Waals surface area contributed by atoms with Crippen molar-refractivity contribution in [3.63, 3.8) is 0 Å². The summed E-state index contributed by atoms with van der Waals surface area (Å²) in [5, 5.41) is 11.4. The second-order valence-electron chi connectivity index (χ2n) is 5.85. The molecule has 0 spiro atoms. The van der Waals surface area contributed by atoms with Crippen molar-refractivity contribution in [3.05, 3.63) is 66.0 Å². The Bertz CT molecular complexity index is 1040. The molecular formula is C20H18N4OS2. The SMILES string of the molecule is CCN(C(=O)CSc1nnc2scc(-c3ccccc3)n12)c1ccccc1. The highest BCUT2D eigenvalue weighted by molar-refractivity contribution is 7.99. The predicted octanol–water partition coefficient (Wildman–Crippen LogP) is 4.60. The van der Waals surface area contributed by atoms with Crippen molar-refractivity contribution in [2.24, 2.45) is 0 Å². The summed E-state index contributed by atoms with van der Waals surface area (Å²) >= 11 is 2.97. The number of benzene rings is 2. The molecule has 0 aliphatic heterocycles. The third kappa shape index (κ3) is 3.61. The van der Waals surface area contributed by atoms with E-state index in [9.17, 15) is 4.79 Å². The van der Waals surface area contributed by atoms with Crippen molar-refractivity contribution in [1.29, 1.82) is 0 Å². The number of hydrogen-bond acceptors (Lipinski definition) is 5. The molecule has 0 fully saturated rings. The van der Waals surface area contributed by atoms with Gasteiger partial charge in [0.2, 0.25) is 10.9 Å². The van der Waals surface area contributed by atoms with Crippen LogP contribution < -0.4 is 4.90 Å². The maximum absolute atomic E-state index is 12.7. The van der Waals surface area contributed by atoms with Gasteiger partial charge >= 0.3 is 0 Å². The summed E-state index contributed by atoms with van der Waals surface area (Å²) in [5.74, 6) is 0.370. The summed E-state index contributed by atoms with van der Waals surface area (Å²) in [6.45, 7) is 2.61. The molecule has 2 aromatic heterocycles. The Morgan fingerprint density at radius 3 is 2.48 bits per heavy atom. The van der Waals surface area contributed by atoms with Crippen molar-refractivity contribution in [2.75, 3.05) is 17.2 Å². The first kappa shape index (κ1) is 17.8. The zero-order valence-corrected chi connectivity index (χ0v) is 16.4. The molecule has 7 heteroatoms. The third-order valence-electron chi connectivity index (χ3n) is 4.20. The molecule has 0 aliphatic rings. The summed E-state index contributed by atoms with van der Waals surface area (Å²) in [7, 11) is 0. The molecule has 0 aliphatic carbocycles. The highest BCUT2D eigenvalue weighted by Crippen LogP contribution is 2.30. The Hall–Kier alpha value is -2.64. The van der Waals surface area contributed by atoms with Crippen LogP contribution in [-0.2, 0) is 4.79 Å². The van der Waals surface area contributed by atoms with Gasteiger partial charge in [-0.05, 0) is 24.6 Å². The van der Waals surface area contributed by atoms with Crippen molar-refractivity contribution in [2.45, 2.75) is 12.1 Å². The first-order valence-electron chi connectivity index (χ1n) is 8.64. The maximum atomic E-state index is 12.7. The number of carbonyl (C=O) groups is 1. The van der Waals surface area contributed by atoms with Crippen molar-refractivity contribution >= 4 is 39.7 Å². The third-order valence-corrected chi connectivity index (χ3v) is 5.93. The summed E-state index contributed by atoms with van der Waals surface area (Å²) < 4.78 is 2.02. The zero-order valence-electron chi connectivity index (χ0n) is 14.8. The van der Waals surface area contributed by atoms with E-state index >= 15 is 0 Å². The van der Waals surface area contributed by atoms with Gasteiger partial charge in [0, 0.05) is 17.6 Å². The minimum absolute atomic E-state index is 0.0574. The van der Waals surface area contributed by atoms with Gasteiger partial charge in [-0.2, -0.15) is 0 Å². The molecule has 5 nitrogen and oxygen atoms in total. The quantitative estimate of drug-likeness (QED) is 0.448. The fourth-order valence-electron chi connectivity index (χ4n) is 2.91. The molecule has 0 atom stereocenters. The average molecular weight is 395 g/mol. The standard InChI is InChI=1S/C20H18N4OS2/c1-2-23(16-11-7-4-8-12-16)18(25)14-27-20-22-21-19-24(20)17(13-26-19)15-9-5-3-6-10-15/h3-13H,2,14H2,1H3. The highest BCUT2D eigenvalue weighted by atomic mass is 32.2. The van der Waals surface area contributed by atoms with E-state index in [0.29, 0.717) is 12.3 Å². The largest absolute Gasteiger partial charge is 0.312 e. The number of thioether (sulfide) groups is 1. The van der Waals surface area contributed by atoms with Crippen molar-refractivity contribution < 1.29 is 4.79 Å². The number of para-hydroxylation sites is 1. The van der Waals surface area contributed by atoms with Gasteiger partial charge < -0.3 is 4.90 Å². The van der Waals surface area contributed by atoms with Crippen LogP contribution in [-0.4, -0.2) is 32.8 Å². The number of fused-ring (bicyclic) bond motifs is 1. The van der Waals surface area contributed by atoms with E-state index in [2.05, 4.69) is 27.7 Å². The number of amides is 1. The number of carbonyl (C=O) groups excluding carboxylic acids is 1. The molecule has 0 bridgehead atoms. The molecule has 0 radical (unpaired) electrons. The lowest BCUT2D eigenvalue weighted by Gasteiger charge is -2.20. The van der Waals surface area contributed by atoms with E-state index in [1.165, 1.54) is 11.8 Å². The average Bonchev–Trinajstić information content (AvgIpc) is 3.31. The number of anilines is 1. The van der Waals surface area contributed by atoms with Gasteiger partial charge in [-0.15, -0.1) is 21.5 Å². The summed E-state index contributed by atoms with van der Waals surface area (Å²) in [6.07, 6.45) is 0. The monoisotopic (exact) mass is 394 g/mol. The molecule has 27 heavy (non-hydrogen) atoms. The van der Waals surface area contributed by atoms with Crippen LogP contribution in [0.4, 0.5) is 5.69 Å². The van der Waals surface area contributed by atoms with Gasteiger partial charge in [0.25, 0.3) is 0 Å². The number of thiazole rings is 1. The number of aromatic nitrogens is 3. The number of rotatable bonds is 6. The molecule has 4 aromatic rings. The Morgan fingerprint density at radius 2 is 1.78 bits per heavy atom. The maximum Gasteiger partial charge on any atom is 0.237 e. The summed E-state index contributed by atoms with van der Waals surface area (Å²) in [6, 6.07) is 19.9. The van der Waals surface area contributed by atoms with Crippen LogP contribution in [0.25, 0.3) is 16.2 Å². The van der Waals surface area contributed by atoms with Gasteiger partial charge in [0.05, 0.1) is 11.4 Å². The second kappa shape index (κ2) is 7.94. The molecule has 1 amide bonds. The fraction of sp³-hybridized carbons (Fsp3) is 0.150. The second-order valence-corrected chi connectivity index (χ2v) is 7.63. The molecule has 2 aromatic carbocycles. The van der Waals surface area contributed by atoms with Crippen LogP contribution >= 0.6 is 23.1 Å².